The molecule has 0 saturated carbocycles. The van der Waals surface area contributed by atoms with E-state index in [1.165, 1.54) is 23.5 Å². The summed E-state index contributed by atoms with van der Waals surface area (Å²) in [5, 5.41) is 0.482. The average molecular weight is 636 g/mol. The fraction of sp³-hybridized carbons (Fsp3) is 0.250. The Balaban J connectivity index is 1.41. The molecule has 0 aliphatic carbocycles. The number of ether oxygens (including phenoxy) is 2. The van der Waals surface area contributed by atoms with Crippen molar-refractivity contribution in [2.75, 3.05) is 6.61 Å². The second kappa shape index (κ2) is 14.2. The number of ketones is 1. The Labute approximate surface area is 256 Å². The monoisotopic (exact) mass is 634 g/mol. The maximum Gasteiger partial charge on any atom is 0.416 e. The van der Waals surface area contributed by atoms with Crippen molar-refractivity contribution in [3.8, 4) is 16.2 Å². The summed E-state index contributed by atoms with van der Waals surface area (Å²) < 4.78 is 49.8. The van der Waals surface area contributed by atoms with Crippen molar-refractivity contribution < 1.29 is 32.2 Å². The highest BCUT2D eigenvalue weighted by molar-refractivity contribution is 7.17. The van der Waals surface area contributed by atoms with Crippen LogP contribution in [-0.2, 0) is 22.1 Å². The molecule has 1 unspecified atom stereocenters. The lowest BCUT2D eigenvalue weighted by atomic mass is 10.0. The van der Waals surface area contributed by atoms with Gasteiger partial charge in [-0.2, -0.15) is 13.2 Å². The lowest BCUT2D eigenvalue weighted by Crippen LogP contribution is -2.12. The summed E-state index contributed by atoms with van der Waals surface area (Å²) in [7, 11) is 0. The summed E-state index contributed by atoms with van der Waals surface area (Å²) in [4.78, 5) is 26.1. The molecular weight excluding hydrogens is 608 g/mol. The Morgan fingerprint density at radius 3 is 2.26 bits per heavy atom. The second-order valence-electron chi connectivity index (χ2n) is 9.37. The van der Waals surface area contributed by atoms with Crippen LogP contribution in [-0.4, -0.2) is 18.4 Å². The molecule has 4 nitrogen and oxygen atoms in total. The van der Waals surface area contributed by atoms with Crippen LogP contribution in [0.3, 0.4) is 0 Å². The average Bonchev–Trinajstić information content (AvgIpc) is 3.48. The van der Waals surface area contributed by atoms with Crippen LogP contribution >= 0.6 is 34.5 Å². The molecule has 0 spiro atoms. The zero-order chi connectivity index (χ0) is 30.3. The van der Waals surface area contributed by atoms with Crippen molar-refractivity contribution in [3.63, 3.8) is 0 Å². The third-order valence-electron chi connectivity index (χ3n) is 6.48. The van der Waals surface area contributed by atoms with Gasteiger partial charge in [0, 0.05) is 17.7 Å². The van der Waals surface area contributed by atoms with Gasteiger partial charge in [0.25, 0.3) is 0 Å². The molecule has 3 aromatic carbocycles. The first kappa shape index (κ1) is 31.6. The molecule has 0 radical (unpaired) electrons. The first-order chi connectivity index (χ1) is 20.1. The molecule has 0 aliphatic heterocycles. The minimum absolute atomic E-state index is 0.117. The van der Waals surface area contributed by atoms with Gasteiger partial charge in [-0.15, -0.1) is 11.3 Å². The van der Waals surface area contributed by atoms with Gasteiger partial charge >= 0.3 is 12.1 Å². The lowest BCUT2D eigenvalue weighted by molar-refractivity contribution is -0.143. The van der Waals surface area contributed by atoms with Crippen molar-refractivity contribution in [1.29, 1.82) is 0 Å². The summed E-state index contributed by atoms with van der Waals surface area (Å²) in [5.74, 6) is -0.0777. The summed E-state index contributed by atoms with van der Waals surface area (Å²) >= 11 is 14.4. The SMILES string of the molecule is CCOC(=O)CCC(Oc1ccc(CCC(=O)c2ccc(-c3ccc(C(F)(F)F)cc3)s2)c(Cl)c1Cl)c1ccccc1. The standard InChI is InChI=1S/C32H27Cl2F3O4S/c1-2-40-29(39)19-16-25(20-6-4-3-5-7-20)41-26-15-11-22(30(33)31(26)34)10-14-24(38)28-18-17-27(42-28)21-8-12-23(13-9-21)32(35,36)37/h3-9,11-13,15,17-18,25H,2,10,14,16,19H2,1H3. The van der Waals surface area contributed by atoms with Crippen LogP contribution in [0.4, 0.5) is 13.2 Å². The van der Waals surface area contributed by atoms with Crippen molar-refractivity contribution in [1.82, 2.24) is 0 Å². The molecule has 220 valence electrons. The van der Waals surface area contributed by atoms with E-state index in [0.717, 1.165) is 17.7 Å². The summed E-state index contributed by atoms with van der Waals surface area (Å²) in [6, 6.07) is 21.1. The van der Waals surface area contributed by atoms with Gasteiger partial charge in [0.05, 0.1) is 22.1 Å². The van der Waals surface area contributed by atoms with E-state index >= 15 is 0 Å². The number of alkyl halides is 3. The van der Waals surface area contributed by atoms with Crippen molar-refractivity contribution >= 4 is 46.3 Å². The minimum atomic E-state index is -4.41. The van der Waals surface area contributed by atoms with Gasteiger partial charge in [0.2, 0.25) is 0 Å². The van der Waals surface area contributed by atoms with Crippen LogP contribution in [0.5, 0.6) is 5.75 Å². The maximum atomic E-state index is 12.9. The fourth-order valence-electron chi connectivity index (χ4n) is 4.29. The highest BCUT2D eigenvalue weighted by Gasteiger charge is 2.30. The minimum Gasteiger partial charge on any atom is -0.484 e. The Hall–Kier alpha value is -3.33. The number of halogens is 5. The van der Waals surface area contributed by atoms with Gasteiger partial charge in [0.15, 0.2) is 5.78 Å². The van der Waals surface area contributed by atoms with E-state index in [1.54, 1.807) is 31.2 Å². The number of benzene rings is 3. The van der Waals surface area contributed by atoms with Gasteiger partial charge in [-0.25, -0.2) is 0 Å². The predicted molar refractivity (Wildman–Crippen MR) is 160 cm³/mol. The van der Waals surface area contributed by atoms with E-state index in [2.05, 4.69) is 0 Å². The number of carbonyl (C=O) groups is 2. The van der Waals surface area contributed by atoms with Gasteiger partial charge in [0.1, 0.15) is 16.9 Å². The van der Waals surface area contributed by atoms with Gasteiger partial charge in [-0.1, -0.05) is 71.7 Å². The number of hydrogen-bond donors (Lipinski definition) is 0. The topological polar surface area (TPSA) is 52.6 Å². The van der Waals surface area contributed by atoms with Gasteiger partial charge < -0.3 is 9.47 Å². The van der Waals surface area contributed by atoms with E-state index < -0.39 is 17.8 Å². The molecule has 1 heterocycles. The zero-order valence-electron chi connectivity index (χ0n) is 22.5. The zero-order valence-corrected chi connectivity index (χ0v) is 24.9. The lowest BCUT2D eigenvalue weighted by Gasteiger charge is -2.21. The molecule has 0 fully saturated rings. The molecular formula is C32H27Cl2F3O4S. The summed E-state index contributed by atoms with van der Waals surface area (Å²) in [5.41, 5.74) is 1.42. The first-order valence-corrected chi connectivity index (χ1v) is 14.8. The number of esters is 1. The quantitative estimate of drug-likeness (QED) is 0.115. The molecule has 0 bridgehead atoms. The second-order valence-corrected chi connectivity index (χ2v) is 11.2. The fourth-order valence-corrected chi connectivity index (χ4v) is 5.75. The van der Waals surface area contributed by atoms with Crippen LogP contribution < -0.4 is 4.74 Å². The van der Waals surface area contributed by atoms with E-state index in [4.69, 9.17) is 32.7 Å². The molecule has 0 aliphatic rings. The molecule has 1 atom stereocenters. The van der Waals surface area contributed by atoms with E-state index in [1.807, 2.05) is 30.3 Å². The van der Waals surface area contributed by atoms with Crippen LogP contribution in [0.1, 0.15) is 58.7 Å². The Kier molecular flexibility index (Phi) is 10.7. The number of aryl methyl sites for hydroxylation is 1. The molecule has 0 saturated heterocycles. The van der Waals surface area contributed by atoms with Gasteiger partial charge in [-0.05, 0) is 66.8 Å². The van der Waals surface area contributed by atoms with Crippen LogP contribution in [0, 0.1) is 0 Å². The number of carbonyl (C=O) groups excluding carboxylic acids is 2. The van der Waals surface area contributed by atoms with Crippen LogP contribution in [0.15, 0.2) is 78.9 Å². The maximum absolute atomic E-state index is 12.9. The highest BCUT2D eigenvalue weighted by Crippen LogP contribution is 2.39. The number of hydrogen-bond acceptors (Lipinski definition) is 5. The third kappa shape index (κ3) is 8.15. The largest absolute Gasteiger partial charge is 0.484 e. The molecule has 0 N–H and O–H groups in total. The number of rotatable bonds is 12. The van der Waals surface area contributed by atoms with Crippen LogP contribution in [0.25, 0.3) is 10.4 Å². The number of Topliss-reactive ketones (excluding diaryl/α,β-unsaturated/α-hetero) is 1. The molecule has 4 aromatic rings. The first-order valence-electron chi connectivity index (χ1n) is 13.2. The normalized spacial score (nSPS) is 12.1. The molecule has 4 rings (SSSR count). The molecule has 0 amide bonds. The van der Waals surface area contributed by atoms with Crippen LogP contribution in [0.2, 0.25) is 10.0 Å². The highest BCUT2D eigenvalue weighted by atomic mass is 35.5. The van der Waals surface area contributed by atoms with Crippen molar-refractivity contribution in [3.05, 3.63) is 110 Å². The van der Waals surface area contributed by atoms with E-state index in [-0.39, 0.29) is 34.6 Å². The summed E-state index contributed by atoms with van der Waals surface area (Å²) in [6.07, 6.45) is -3.83. The Bertz CT molecular complexity index is 1520. The van der Waals surface area contributed by atoms with E-state index in [0.29, 0.717) is 46.1 Å². The smallest absolute Gasteiger partial charge is 0.416 e. The van der Waals surface area contributed by atoms with E-state index in [9.17, 15) is 22.8 Å². The van der Waals surface area contributed by atoms with Crippen molar-refractivity contribution in [2.24, 2.45) is 0 Å². The molecule has 10 heteroatoms. The Morgan fingerprint density at radius 2 is 1.60 bits per heavy atom. The predicted octanol–water partition coefficient (Wildman–Crippen LogP) is 10.0. The molecule has 42 heavy (non-hydrogen) atoms. The number of thiophene rings is 1. The van der Waals surface area contributed by atoms with Crippen molar-refractivity contribution in [2.45, 2.75) is 44.9 Å². The summed E-state index contributed by atoms with van der Waals surface area (Å²) in [6.45, 7) is 2.05. The molecule has 1 aromatic heterocycles. The Morgan fingerprint density at radius 1 is 0.881 bits per heavy atom. The third-order valence-corrected chi connectivity index (χ3v) is 8.56. The van der Waals surface area contributed by atoms with Gasteiger partial charge in [-0.3, -0.25) is 9.59 Å².